The van der Waals surface area contributed by atoms with Gasteiger partial charge in [-0.1, -0.05) is 81.4 Å². The van der Waals surface area contributed by atoms with Gasteiger partial charge in [0.05, 0.1) is 6.10 Å². The van der Waals surface area contributed by atoms with Crippen molar-refractivity contribution in [2.75, 3.05) is 6.61 Å². The van der Waals surface area contributed by atoms with Crippen LogP contribution < -0.4 is 10.4 Å². The van der Waals surface area contributed by atoms with Crippen LogP contribution in [0, 0.1) is 5.92 Å². The standard InChI is InChI=1S/C24H34O2Si/c1-24(2,3)27(22-10-6-4-7-11-22,23-12-8-5-9-13-23)26-19-18-20-14-16-21(25)17-15-20/h4-13,20-21,25H,14-19H2,1-3H3. The molecule has 1 aliphatic carbocycles. The molecule has 0 spiro atoms. The highest BCUT2D eigenvalue weighted by Crippen LogP contribution is 2.37. The van der Waals surface area contributed by atoms with Crippen molar-refractivity contribution < 1.29 is 9.53 Å². The summed E-state index contributed by atoms with van der Waals surface area (Å²) in [5.41, 5.74) is 0. The minimum absolute atomic E-state index is 0.0401. The van der Waals surface area contributed by atoms with Gasteiger partial charge in [0.25, 0.3) is 8.32 Å². The summed E-state index contributed by atoms with van der Waals surface area (Å²) in [6, 6.07) is 21.7. The second kappa shape index (κ2) is 8.72. The maximum absolute atomic E-state index is 9.76. The normalized spacial score (nSPS) is 21.2. The summed E-state index contributed by atoms with van der Waals surface area (Å²) < 4.78 is 6.97. The molecule has 27 heavy (non-hydrogen) atoms. The fraction of sp³-hybridized carbons (Fsp3) is 0.500. The Morgan fingerprint density at radius 3 is 1.78 bits per heavy atom. The first-order chi connectivity index (χ1) is 12.9. The van der Waals surface area contributed by atoms with Gasteiger partial charge in [-0.25, -0.2) is 0 Å². The molecule has 3 heteroatoms. The van der Waals surface area contributed by atoms with Crippen LogP contribution in [0.5, 0.6) is 0 Å². The van der Waals surface area contributed by atoms with Crippen LogP contribution >= 0.6 is 0 Å². The molecule has 0 heterocycles. The van der Waals surface area contributed by atoms with Crippen LogP contribution in [0.3, 0.4) is 0 Å². The van der Waals surface area contributed by atoms with Crippen molar-refractivity contribution in [1.82, 2.24) is 0 Å². The first-order valence-electron chi connectivity index (χ1n) is 10.4. The van der Waals surface area contributed by atoms with Crippen LogP contribution in [0.25, 0.3) is 0 Å². The summed E-state index contributed by atoms with van der Waals surface area (Å²) >= 11 is 0. The Morgan fingerprint density at radius 1 is 0.852 bits per heavy atom. The highest BCUT2D eigenvalue weighted by molar-refractivity contribution is 6.99. The number of aliphatic hydroxyl groups is 1. The number of benzene rings is 2. The lowest BCUT2D eigenvalue weighted by Gasteiger charge is -2.43. The molecule has 3 rings (SSSR count). The average Bonchev–Trinajstić information content (AvgIpc) is 2.67. The Morgan fingerprint density at radius 2 is 1.33 bits per heavy atom. The fourth-order valence-electron chi connectivity index (χ4n) is 4.57. The van der Waals surface area contributed by atoms with E-state index < -0.39 is 8.32 Å². The third kappa shape index (κ3) is 4.53. The van der Waals surface area contributed by atoms with E-state index in [0.29, 0.717) is 5.92 Å². The van der Waals surface area contributed by atoms with E-state index in [9.17, 15) is 5.11 Å². The quantitative estimate of drug-likeness (QED) is 0.745. The molecular weight excluding hydrogens is 348 g/mol. The largest absolute Gasteiger partial charge is 0.407 e. The van der Waals surface area contributed by atoms with Gasteiger partial charge in [-0.15, -0.1) is 0 Å². The van der Waals surface area contributed by atoms with Crippen molar-refractivity contribution in [3.8, 4) is 0 Å². The fourth-order valence-corrected chi connectivity index (χ4v) is 9.15. The molecule has 2 aromatic rings. The number of aliphatic hydroxyl groups excluding tert-OH is 1. The van der Waals surface area contributed by atoms with Gasteiger partial charge in [0, 0.05) is 6.61 Å². The van der Waals surface area contributed by atoms with E-state index in [1.807, 2.05) is 0 Å². The molecule has 0 unspecified atom stereocenters. The van der Waals surface area contributed by atoms with Gasteiger partial charge in [0.15, 0.2) is 0 Å². The maximum atomic E-state index is 9.76. The SMILES string of the molecule is CC(C)(C)[Si](OCCC1CCC(O)CC1)(c1ccccc1)c1ccccc1. The van der Waals surface area contributed by atoms with Crippen LogP contribution in [-0.4, -0.2) is 26.1 Å². The molecule has 2 nitrogen and oxygen atoms in total. The third-order valence-electron chi connectivity index (χ3n) is 6.08. The van der Waals surface area contributed by atoms with Crippen LogP contribution in [0.1, 0.15) is 52.9 Å². The monoisotopic (exact) mass is 382 g/mol. The lowest BCUT2D eigenvalue weighted by atomic mass is 9.86. The first-order valence-corrected chi connectivity index (χ1v) is 12.3. The third-order valence-corrected chi connectivity index (χ3v) is 11.1. The summed E-state index contributed by atoms with van der Waals surface area (Å²) in [6.07, 6.45) is 5.17. The minimum Gasteiger partial charge on any atom is -0.407 e. The van der Waals surface area contributed by atoms with Crippen molar-refractivity contribution in [3.05, 3.63) is 60.7 Å². The molecule has 0 amide bonds. The van der Waals surface area contributed by atoms with E-state index in [0.717, 1.165) is 38.7 Å². The molecule has 0 bridgehead atoms. The molecule has 146 valence electrons. The molecule has 1 saturated carbocycles. The van der Waals surface area contributed by atoms with Gasteiger partial charge >= 0.3 is 0 Å². The molecule has 1 N–H and O–H groups in total. The summed E-state index contributed by atoms with van der Waals surface area (Å²) in [5, 5.41) is 12.5. The Labute approximate surface area is 165 Å². The molecule has 0 aromatic heterocycles. The molecule has 2 aromatic carbocycles. The van der Waals surface area contributed by atoms with Crippen molar-refractivity contribution in [2.45, 2.75) is 64.0 Å². The molecule has 1 aliphatic rings. The van der Waals surface area contributed by atoms with Crippen LogP contribution in [-0.2, 0) is 4.43 Å². The number of hydrogen-bond acceptors (Lipinski definition) is 2. The summed E-state index contributed by atoms with van der Waals surface area (Å²) in [6.45, 7) is 7.79. The van der Waals surface area contributed by atoms with Crippen molar-refractivity contribution >= 4 is 18.7 Å². The maximum Gasteiger partial charge on any atom is 0.261 e. The Hall–Kier alpha value is -1.42. The first kappa shape index (κ1) is 20.3. The van der Waals surface area contributed by atoms with E-state index in [-0.39, 0.29) is 11.1 Å². The zero-order valence-corrected chi connectivity index (χ0v) is 18.0. The van der Waals surface area contributed by atoms with Crippen LogP contribution in [0.4, 0.5) is 0 Å². The van der Waals surface area contributed by atoms with Crippen molar-refractivity contribution in [3.63, 3.8) is 0 Å². The number of rotatable bonds is 6. The summed E-state index contributed by atoms with van der Waals surface area (Å²) in [4.78, 5) is 0. The smallest absolute Gasteiger partial charge is 0.261 e. The van der Waals surface area contributed by atoms with Gasteiger partial charge in [-0.2, -0.15) is 0 Å². The van der Waals surface area contributed by atoms with Crippen LogP contribution in [0.2, 0.25) is 5.04 Å². The Bertz CT molecular complexity index is 646. The minimum atomic E-state index is -2.40. The zero-order chi connectivity index (χ0) is 19.3. The van der Waals surface area contributed by atoms with Gasteiger partial charge < -0.3 is 9.53 Å². The Kier molecular flexibility index (Phi) is 6.56. The van der Waals surface area contributed by atoms with Crippen molar-refractivity contribution in [1.29, 1.82) is 0 Å². The molecule has 0 saturated heterocycles. The van der Waals surface area contributed by atoms with E-state index in [2.05, 4.69) is 81.4 Å². The highest BCUT2D eigenvalue weighted by Gasteiger charge is 2.50. The van der Waals surface area contributed by atoms with E-state index in [1.54, 1.807) is 0 Å². The molecule has 1 fully saturated rings. The lowest BCUT2D eigenvalue weighted by Crippen LogP contribution is -2.66. The zero-order valence-electron chi connectivity index (χ0n) is 17.0. The lowest BCUT2D eigenvalue weighted by molar-refractivity contribution is 0.101. The second-order valence-corrected chi connectivity index (χ2v) is 13.3. The van der Waals surface area contributed by atoms with E-state index >= 15 is 0 Å². The van der Waals surface area contributed by atoms with Gasteiger partial charge in [-0.3, -0.25) is 0 Å². The van der Waals surface area contributed by atoms with Gasteiger partial charge in [0.2, 0.25) is 0 Å². The second-order valence-electron chi connectivity index (χ2n) is 8.97. The van der Waals surface area contributed by atoms with Gasteiger partial charge in [0.1, 0.15) is 0 Å². The highest BCUT2D eigenvalue weighted by atomic mass is 28.4. The van der Waals surface area contributed by atoms with E-state index in [1.165, 1.54) is 10.4 Å². The molecule has 0 radical (unpaired) electrons. The molecular formula is C24H34O2Si. The predicted octanol–water partition coefficient (Wildman–Crippen LogP) is 4.50. The Balaban J connectivity index is 1.87. The van der Waals surface area contributed by atoms with Crippen molar-refractivity contribution in [2.24, 2.45) is 5.92 Å². The molecule has 0 atom stereocenters. The van der Waals surface area contributed by atoms with Crippen LogP contribution in [0.15, 0.2) is 60.7 Å². The average molecular weight is 383 g/mol. The summed E-state index contributed by atoms with van der Waals surface area (Å²) in [5.74, 6) is 0.687. The van der Waals surface area contributed by atoms with E-state index in [4.69, 9.17) is 4.43 Å². The molecule has 0 aliphatic heterocycles. The van der Waals surface area contributed by atoms with Gasteiger partial charge in [-0.05, 0) is 53.4 Å². The number of hydrogen-bond donors (Lipinski definition) is 1. The topological polar surface area (TPSA) is 29.5 Å². The summed E-state index contributed by atoms with van der Waals surface area (Å²) in [7, 11) is -2.40. The predicted molar refractivity (Wildman–Crippen MR) is 116 cm³/mol.